The molecule has 0 atom stereocenters. The van der Waals surface area contributed by atoms with E-state index in [0.29, 0.717) is 0 Å². The summed E-state index contributed by atoms with van der Waals surface area (Å²) in [6, 6.07) is 3.51. The van der Waals surface area contributed by atoms with Crippen LogP contribution >= 0.6 is 0 Å². The molecule has 0 radical (unpaired) electrons. The smallest absolute Gasteiger partial charge is 0.409 e. The number of hydrogen-bond donors (Lipinski definition) is 2. The van der Waals surface area contributed by atoms with E-state index in [-0.39, 0.29) is 23.4 Å². The second-order valence-electron chi connectivity index (χ2n) is 3.35. The second-order valence-corrected chi connectivity index (χ2v) is 3.35. The molecule has 0 aliphatic carbocycles. The lowest BCUT2D eigenvalue weighted by Crippen LogP contribution is -2.16. The van der Waals surface area contributed by atoms with E-state index in [0.717, 1.165) is 6.07 Å². The van der Waals surface area contributed by atoms with E-state index in [1.54, 1.807) is 0 Å². The number of alkyl halides is 3. The molecule has 0 heterocycles. The number of amidine groups is 1. The van der Waals surface area contributed by atoms with Gasteiger partial charge in [-0.2, -0.15) is 13.2 Å². The Labute approximate surface area is 96.0 Å². The van der Waals surface area contributed by atoms with Crippen LogP contribution in [-0.4, -0.2) is 11.0 Å². The molecule has 0 fully saturated rings. The fraction of sp³-hybridized carbons (Fsp3) is 0.182. The minimum absolute atomic E-state index is 0.0210. The third-order valence-electron chi connectivity index (χ3n) is 2.18. The number of nitrogens with two attached hydrogens (primary N) is 1. The van der Waals surface area contributed by atoms with Gasteiger partial charge in [-0.1, -0.05) is 23.4 Å². The molecule has 1 aromatic carbocycles. The van der Waals surface area contributed by atoms with Gasteiger partial charge in [0, 0.05) is 5.56 Å². The fourth-order valence-electron chi connectivity index (χ4n) is 1.39. The number of rotatable bonds is 3. The van der Waals surface area contributed by atoms with Crippen molar-refractivity contribution < 1.29 is 18.4 Å². The van der Waals surface area contributed by atoms with Gasteiger partial charge in [-0.15, -0.1) is 6.58 Å². The predicted molar refractivity (Wildman–Crippen MR) is 57.9 cm³/mol. The van der Waals surface area contributed by atoms with Gasteiger partial charge in [0.15, 0.2) is 5.84 Å². The molecule has 0 spiro atoms. The summed E-state index contributed by atoms with van der Waals surface area (Å²) in [4.78, 5) is 0. The molecule has 0 saturated carbocycles. The SMILES string of the molecule is C=CCc1ccc(/C(N)=N/O)cc1C(F)(F)F. The molecule has 0 aliphatic heterocycles. The van der Waals surface area contributed by atoms with E-state index in [2.05, 4.69) is 11.7 Å². The summed E-state index contributed by atoms with van der Waals surface area (Å²) >= 11 is 0. The maximum atomic E-state index is 12.7. The first kappa shape index (κ1) is 13.1. The van der Waals surface area contributed by atoms with Gasteiger partial charge in [0.2, 0.25) is 0 Å². The first-order chi connectivity index (χ1) is 7.90. The van der Waals surface area contributed by atoms with Crippen LogP contribution in [0.2, 0.25) is 0 Å². The number of oxime groups is 1. The Morgan fingerprint density at radius 2 is 2.12 bits per heavy atom. The molecule has 6 heteroatoms. The van der Waals surface area contributed by atoms with Gasteiger partial charge < -0.3 is 10.9 Å². The van der Waals surface area contributed by atoms with Gasteiger partial charge in [0.05, 0.1) is 5.56 Å². The van der Waals surface area contributed by atoms with Crippen LogP contribution in [0.4, 0.5) is 13.2 Å². The third-order valence-corrected chi connectivity index (χ3v) is 2.18. The van der Waals surface area contributed by atoms with Crippen molar-refractivity contribution in [3.63, 3.8) is 0 Å². The Kier molecular flexibility index (Phi) is 3.77. The van der Waals surface area contributed by atoms with Crippen molar-refractivity contribution in [3.8, 4) is 0 Å². The lowest BCUT2D eigenvalue weighted by Gasteiger charge is -2.13. The molecule has 0 unspecified atom stereocenters. The number of nitrogens with zero attached hydrogens (tertiary/aromatic N) is 1. The van der Waals surface area contributed by atoms with Crippen molar-refractivity contribution in [2.24, 2.45) is 10.9 Å². The van der Waals surface area contributed by atoms with Crippen molar-refractivity contribution in [1.82, 2.24) is 0 Å². The van der Waals surface area contributed by atoms with Crippen LogP contribution in [0.1, 0.15) is 16.7 Å². The quantitative estimate of drug-likeness (QED) is 0.282. The van der Waals surface area contributed by atoms with Gasteiger partial charge in [0.1, 0.15) is 0 Å². The van der Waals surface area contributed by atoms with E-state index in [1.165, 1.54) is 18.2 Å². The number of hydrogen-bond acceptors (Lipinski definition) is 2. The van der Waals surface area contributed by atoms with Gasteiger partial charge in [-0.25, -0.2) is 0 Å². The summed E-state index contributed by atoms with van der Waals surface area (Å²) in [6.07, 6.45) is -3.00. The highest BCUT2D eigenvalue weighted by Gasteiger charge is 2.33. The summed E-state index contributed by atoms with van der Waals surface area (Å²) in [5.74, 6) is -0.361. The Bertz CT molecular complexity index is 453. The first-order valence-electron chi connectivity index (χ1n) is 4.69. The molecule has 0 amide bonds. The summed E-state index contributed by atoms with van der Waals surface area (Å²) in [7, 11) is 0. The lowest BCUT2D eigenvalue weighted by atomic mass is 10.0. The Hall–Kier alpha value is -1.98. The average Bonchev–Trinajstić information content (AvgIpc) is 2.27. The van der Waals surface area contributed by atoms with Crippen LogP contribution in [0.3, 0.4) is 0 Å². The lowest BCUT2D eigenvalue weighted by molar-refractivity contribution is -0.138. The molecule has 3 N–H and O–H groups in total. The Balaban J connectivity index is 3.34. The highest BCUT2D eigenvalue weighted by Crippen LogP contribution is 2.33. The number of benzene rings is 1. The van der Waals surface area contributed by atoms with E-state index in [4.69, 9.17) is 10.9 Å². The summed E-state index contributed by atoms with van der Waals surface area (Å²) in [5.41, 5.74) is 4.56. The molecular formula is C11H11F3N2O. The maximum Gasteiger partial charge on any atom is 0.416 e. The molecule has 92 valence electrons. The van der Waals surface area contributed by atoms with Gasteiger partial charge in [-0.3, -0.25) is 0 Å². The Morgan fingerprint density at radius 1 is 1.47 bits per heavy atom. The minimum atomic E-state index is -4.48. The zero-order valence-electron chi connectivity index (χ0n) is 8.83. The van der Waals surface area contributed by atoms with Crippen molar-refractivity contribution in [3.05, 3.63) is 47.5 Å². The third kappa shape index (κ3) is 2.99. The minimum Gasteiger partial charge on any atom is -0.409 e. The van der Waals surface area contributed by atoms with Crippen LogP contribution in [0, 0.1) is 0 Å². The van der Waals surface area contributed by atoms with Gasteiger partial charge in [0.25, 0.3) is 0 Å². The molecule has 0 saturated heterocycles. The largest absolute Gasteiger partial charge is 0.416 e. The van der Waals surface area contributed by atoms with Crippen LogP contribution in [-0.2, 0) is 12.6 Å². The van der Waals surface area contributed by atoms with E-state index < -0.39 is 11.7 Å². The van der Waals surface area contributed by atoms with Crippen LogP contribution in [0.5, 0.6) is 0 Å². The molecule has 1 rings (SSSR count). The van der Waals surface area contributed by atoms with Crippen LogP contribution in [0.25, 0.3) is 0 Å². The van der Waals surface area contributed by atoms with Crippen molar-refractivity contribution >= 4 is 5.84 Å². The van der Waals surface area contributed by atoms with E-state index >= 15 is 0 Å². The predicted octanol–water partition coefficient (Wildman–Crippen LogP) is 2.53. The Morgan fingerprint density at radius 3 is 2.59 bits per heavy atom. The normalized spacial score (nSPS) is 12.5. The molecular weight excluding hydrogens is 233 g/mol. The van der Waals surface area contributed by atoms with Gasteiger partial charge in [-0.05, 0) is 18.1 Å². The van der Waals surface area contributed by atoms with Gasteiger partial charge >= 0.3 is 6.18 Å². The highest BCUT2D eigenvalue weighted by molar-refractivity contribution is 5.97. The standard InChI is InChI=1S/C11H11F3N2O/c1-2-3-7-4-5-8(10(15)16-17)6-9(7)11(12,13)14/h2,4-6,17H,1,3H2,(H2,15,16). The monoisotopic (exact) mass is 244 g/mol. The molecule has 0 bridgehead atoms. The zero-order valence-corrected chi connectivity index (χ0v) is 8.83. The number of halogens is 3. The molecule has 3 nitrogen and oxygen atoms in total. The van der Waals surface area contributed by atoms with Crippen LogP contribution < -0.4 is 5.73 Å². The molecule has 0 aromatic heterocycles. The fourth-order valence-corrected chi connectivity index (χ4v) is 1.39. The second kappa shape index (κ2) is 4.90. The molecule has 17 heavy (non-hydrogen) atoms. The summed E-state index contributed by atoms with van der Waals surface area (Å²) in [6.45, 7) is 3.40. The first-order valence-corrected chi connectivity index (χ1v) is 4.69. The van der Waals surface area contributed by atoms with Crippen molar-refractivity contribution in [2.75, 3.05) is 0 Å². The molecule has 0 aliphatic rings. The summed E-state index contributed by atoms with van der Waals surface area (Å²) < 4.78 is 38.2. The van der Waals surface area contributed by atoms with Crippen molar-refractivity contribution in [1.29, 1.82) is 0 Å². The summed E-state index contributed by atoms with van der Waals surface area (Å²) in [5, 5.41) is 11.1. The maximum absolute atomic E-state index is 12.7. The molecule has 1 aromatic rings. The number of allylic oxidation sites excluding steroid dienone is 1. The van der Waals surface area contributed by atoms with Crippen molar-refractivity contribution in [2.45, 2.75) is 12.6 Å². The topological polar surface area (TPSA) is 58.6 Å². The van der Waals surface area contributed by atoms with E-state index in [1.807, 2.05) is 0 Å². The zero-order chi connectivity index (χ0) is 13.1. The highest BCUT2D eigenvalue weighted by atomic mass is 19.4. The average molecular weight is 244 g/mol. The van der Waals surface area contributed by atoms with E-state index in [9.17, 15) is 13.2 Å². The van der Waals surface area contributed by atoms with Crippen LogP contribution in [0.15, 0.2) is 36.0 Å².